The molecule has 0 amide bonds. The van der Waals surface area contributed by atoms with Crippen LogP contribution in [0.5, 0.6) is 5.75 Å². The summed E-state index contributed by atoms with van der Waals surface area (Å²) in [6.45, 7) is 12.6. The lowest BCUT2D eigenvalue weighted by atomic mass is 10.1. The van der Waals surface area contributed by atoms with Gasteiger partial charge in [-0.25, -0.2) is 0 Å². The summed E-state index contributed by atoms with van der Waals surface area (Å²) < 4.78 is 5.76. The van der Waals surface area contributed by atoms with Gasteiger partial charge < -0.3 is 10.1 Å². The predicted molar refractivity (Wildman–Crippen MR) is 70.2 cm³/mol. The molecule has 0 aromatic heterocycles. The molecule has 90 valence electrons. The lowest BCUT2D eigenvalue weighted by molar-refractivity contribution is 0.131. The topological polar surface area (TPSA) is 21.3 Å². The molecule has 1 aromatic carbocycles. The highest BCUT2D eigenvalue weighted by molar-refractivity contribution is 5.47. The zero-order valence-electron chi connectivity index (χ0n) is 11.2. The molecule has 0 saturated carbocycles. The summed E-state index contributed by atoms with van der Waals surface area (Å²) in [7, 11) is 0. The maximum atomic E-state index is 5.76. The van der Waals surface area contributed by atoms with Gasteiger partial charge in [0.25, 0.3) is 0 Å². The summed E-state index contributed by atoms with van der Waals surface area (Å²) in [5.41, 5.74) is 1.07. The van der Waals surface area contributed by atoms with Crippen molar-refractivity contribution in [1.82, 2.24) is 0 Å². The van der Waals surface area contributed by atoms with Gasteiger partial charge in [-0.05, 0) is 65.8 Å². The first-order valence-corrected chi connectivity index (χ1v) is 5.73. The van der Waals surface area contributed by atoms with Crippen LogP contribution >= 0.6 is 0 Å². The number of benzene rings is 1. The molecule has 1 aromatic rings. The van der Waals surface area contributed by atoms with E-state index in [4.69, 9.17) is 4.74 Å². The van der Waals surface area contributed by atoms with Crippen molar-refractivity contribution < 1.29 is 4.74 Å². The normalized spacial score (nSPS) is 12.4. The molecule has 0 saturated heterocycles. The van der Waals surface area contributed by atoms with E-state index in [1.807, 2.05) is 45.0 Å². The summed E-state index contributed by atoms with van der Waals surface area (Å²) in [5, 5.41) is 3.42. The van der Waals surface area contributed by atoms with Gasteiger partial charge in [-0.1, -0.05) is 0 Å². The van der Waals surface area contributed by atoms with E-state index in [2.05, 4.69) is 26.1 Å². The van der Waals surface area contributed by atoms with E-state index in [-0.39, 0.29) is 11.1 Å². The lowest BCUT2D eigenvalue weighted by Gasteiger charge is -2.24. The average Bonchev–Trinajstić information content (AvgIpc) is 2.03. The molecule has 1 N–H and O–H groups in total. The van der Waals surface area contributed by atoms with Crippen molar-refractivity contribution in [3.63, 3.8) is 0 Å². The fourth-order valence-corrected chi connectivity index (χ4v) is 1.39. The highest BCUT2D eigenvalue weighted by atomic mass is 16.5. The minimum absolute atomic E-state index is 0.0897. The number of anilines is 1. The van der Waals surface area contributed by atoms with Crippen molar-refractivity contribution in [3.8, 4) is 5.75 Å². The van der Waals surface area contributed by atoms with E-state index in [0.29, 0.717) is 0 Å². The van der Waals surface area contributed by atoms with E-state index in [0.717, 1.165) is 11.4 Å². The largest absolute Gasteiger partial charge is 0.488 e. The Morgan fingerprint density at radius 2 is 1.38 bits per heavy atom. The van der Waals surface area contributed by atoms with Gasteiger partial charge in [0.15, 0.2) is 0 Å². The Morgan fingerprint density at radius 1 is 0.875 bits per heavy atom. The van der Waals surface area contributed by atoms with Crippen LogP contribution < -0.4 is 10.1 Å². The van der Waals surface area contributed by atoms with Crippen molar-refractivity contribution in [1.29, 1.82) is 0 Å². The average molecular weight is 221 g/mol. The summed E-state index contributed by atoms with van der Waals surface area (Å²) in [5.74, 6) is 0.909. The first-order chi connectivity index (χ1) is 7.16. The Kier molecular flexibility index (Phi) is 3.51. The summed E-state index contributed by atoms with van der Waals surface area (Å²) >= 11 is 0. The second-order valence-electron chi connectivity index (χ2n) is 6.11. The maximum absolute atomic E-state index is 5.76. The Bertz CT molecular complexity index is 292. The SMILES string of the molecule is CC(C)(C)Nc1ccc(OC(C)(C)C)cc1. The van der Waals surface area contributed by atoms with Crippen molar-refractivity contribution in [3.05, 3.63) is 24.3 Å². The summed E-state index contributed by atoms with van der Waals surface area (Å²) in [4.78, 5) is 0. The number of nitrogens with one attached hydrogen (secondary N) is 1. The molecule has 1 rings (SSSR count). The Morgan fingerprint density at radius 3 is 1.75 bits per heavy atom. The van der Waals surface area contributed by atoms with Crippen LogP contribution in [-0.4, -0.2) is 11.1 Å². The highest BCUT2D eigenvalue weighted by Crippen LogP contribution is 2.22. The number of hydrogen-bond acceptors (Lipinski definition) is 2. The Hall–Kier alpha value is -1.18. The van der Waals surface area contributed by atoms with Crippen LogP contribution in [0.3, 0.4) is 0 Å². The van der Waals surface area contributed by atoms with Crippen LogP contribution in [0.1, 0.15) is 41.5 Å². The minimum atomic E-state index is -0.140. The molecule has 0 heterocycles. The van der Waals surface area contributed by atoms with E-state index in [1.165, 1.54) is 0 Å². The van der Waals surface area contributed by atoms with Crippen LogP contribution in [0.15, 0.2) is 24.3 Å². The monoisotopic (exact) mass is 221 g/mol. The molecule has 0 atom stereocenters. The van der Waals surface area contributed by atoms with Crippen LogP contribution in [-0.2, 0) is 0 Å². The standard InChI is InChI=1S/C14H23NO/c1-13(2,3)15-11-7-9-12(10-8-11)16-14(4,5)6/h7-10,15H,1-6H3. The van der Waals surface area contributed by atoms with Crippen LogP contribution in [0, 0.1) is 0 Å². The minimum Gasteiger partial charge on any atom is -0.488 e. The van der Waals surface area contributed by atoms with Crippen molar-refractivity contribution in [2.45, 2.75) is 52.7 Å². The summed E-state index contributed by atoms with van der Waals surface area (Å²) in [6, 6.07) is 8.09. The van der Waals surface area contributed by atoms with Crippen molar-refractivity contribution in [2.75, 3.05) is 5.32 Å². The van der Waals surface area contributed by atoms with Crippen LogP contribution in [0.25, 0.3) is 0 Å². The maximum Gasteiger partial charge on any atom is 0.120 e. The molecular formula is C14H23NO. The van der Waals surface area contributed by atoms with Crippen LogP contribution in [0.2, 0.25) is 0 Å². The first kappa shape index (κ1) is 12.9. The molecule has 0 spiro atoms. The quantitative estimate of drug-likeness (QED) is 0.812. The second kappa shape index (κ2) is 4.36. The number of hydrogen-bond donors (Lipinski definition) is 1. The molecule has 0 aliphatic heterocycles. The van der Waals surface area contributed by atoms with Crippen molar-refractivity contribution in [2.24, 2.45) is 0 Å². The number of ether oxygens (including phenoxy) is 1. The van der Waals surface area contributed by atoms with Gasteiger partial charge in [-0.15, -0.1) is 0 Å². The van der Waals surface area contributed by atoms with Gasteiger partial charge in [0, 0.05) is 11.2 Å². The third kappa shape index (κ3) is 5.06. The van der Waals surface area contributed by atoms with Crippen LogP contribution in [0.4, 0.5) is 5.69 Å². The molecule has 0 aliphatic carbocycles. The molecule has 0 bridgehead atoms. The van der Waals surface area contributed by atoms with E-state index < -0.39 is 0 Å². The molecule has 2 nitrogen and oxygen atoms in total. The predicted octanol–water partition coefficient (Wildman–Crippen LogP) is 4.07. The van der Waals surface area contributed by atoms with Gasteiger partial charge in [0.2, 0.25) is 0 Å². The second-order valence-corrected chi connectivity index (χ2v) is 6.11. The highest BCUT2D eigenvalue weighted by Gasteiger charge is 2.12. The van der Waals surface area contributed by atoms with E-state index in [1.54, 1.807) is 0 Å². The smallest absolute Gasteiger partial charge is 0.120 e. The Balaban J connectivity index is 2.69. The van der Waals surface area contributed by atoms with E-state index >= 15 is 0 Å². The lowest BCUT2D eigenvalue weighted by Crippen LogP contribution is -2.26. The fourth-order valence-electron chi connectivity index (χ4n) is 1.39. The molecule has 0 unspecified atom stereocenters. The zero-order chi connectivity index (χ0) is 12.4. The molecule has 2 heteroatoms. The van der Waals surface area contributed by atoms with Gasteiger partial charge in [0.1, 0.15) is 11.4 Å². The fraction of sp³-hybridized carbons (Fsp3) is 0.571. The molecule has 16 heavy (non-hydrogen) atoms. The van der Waals surface area contributed by atoms with Gasteiger partial charge in [-0.3, -0.25) is 0 Å². The zero-order valence-corrected chi connectivity index (χ0v) is 11.2. The van der Waals surface area contributed by atoms with E-state index in [9.17, 15) is 0 Å². The number of rotatable bonds is 2. The first-order valence-electron chi connectivity index (χ1n) is 5.73. The summed E-state index contributed by atoms with van der Waals surface area (Å²) in [6.07, 6.45) is 0. The van der Waals surface area contributed by atoms with Gasteiger partial charge in [-0.2, -0.15) is 0 Å². The molecule has 0 radical (unpaired) electrons. The molecule has 0 fully saturated rings. The van der Waals surface area contributed by atoms with Gasteiger partial charge >= 0.3 is 0 Å². The van der Waals surface area contributed by atoms with Crippen molar-refractivity contribution >= 4 is 5.69 Å². The third-order valence-corrected chi connectivity index (χ3v) is 1.80. The third-order valence-electron chi connectivity index (χ3n) is 1.80. The van der Waals surface area contributed by atoms with Gasteiger partial charge in [0.05, 0.1) is 0 Å². The Labute approximate surface area is 99.0 Å². The molecule has 0 aliphatic rings. The molecular weight excluding hydrogens is 198 g/mol.